The summed E-state index contributed by atoms with van der Waals surface area (Å²) in [4.78, 5) is 2.78. The van der Waals surface area contributed by atoms with Gasteiger partial charge in [-0.15, -0.1) is 0 Å². The van der Waals surface area contributed by atoms with Gasteiger partial charge in [-0.3, -0.25) is 0 Å². The lowest BCUT2D eigenvalue weighted by molar-refractivity contribution is 0.474. The first-order valence-electron chi connectivity index (χ1n) is 11.7. The highest BCUT2D eigenvalue weighted by atomic mass is 32.2. The van der Waals surface area contributed by atoms with Gasteiger partial charge in [-0.2, -0.15) is 8.42 Å². The number of aromatic hydroxyl groups is 2. The van der Waals surface area contributed by atoms with Crippen LogP contribution in [0.15, 0.2) is 114 Å². The molecule has 7 nitrogen and oxygen atoms in total. The number of rotatable bonds is 6. The number of hydrogen-bond acceptors (Lipinski definition) is 6. The lowest BCUT2D eigenvalue weighted by atomic mass is 9.71. The van der Waals surface area contributed by atoms with Gasteiger partial charge in [0.2, 0.25) is 11.1 Å². The van der Waals surface area contributed by atoms with Crippen LogP contribution in [0.5, 0.6) is 17.2 Å². The molecule has 0 saturated carbocycles. The molecular weight excluding hydrogens is 500 g/mol. The number of benzene rings is 5. The van der Waals surface area contributed by atoms with Crippen molar-refractivity contribution in [3.05, 3.63) is 131 Å². The van der Waals surface area contributed by atoms with Crippen LogP contribution in [0, 0.1) is 5.39 Å². The van der Waals surface area contributed by atoms with E-state index in [0.717, 1.165) is 22.8 Å². The molecule has 0 amide bonds. The maximum Gasteiger partial charge on any atom is 0.428 e. The molecule has 0 radical (unpaired) electrons. The van der Waals surface area contributed by atoms with Crippen molar-refractivity contribution in [2.45, 2.75) is 17.2 Å². The normalized spacial score (nSPS) is 12.9. The summed E-state index contributed by atoms with van der Waals surface area (Å²) in [5.74, 6) is -0.0765. The summed E-state index contributed by atoms with van der Waals surface area (Å²) in [6, 6.07) is 31.0. The molecule has 0 aromatic heterocycles. The van der Waals surface area contributed by atoms with E-state index in [-0.39, 0.29) is 38.6 Å². The Morgan fingerprint density at radius 1 is 0.737 bits per heavy atom. The lowest BCUT2D eigenvalue weighted by Gasteiger charge is -2.32. The molecule has 0 spiro atoms. The average molecular weight is 524 g/mol. The molecule has 38 heavy (non-hydrogen) atoms. The van der Waals surface area contributed by atoms with Crippen molar-refractivity contribution in [1.82, 2.24) is 0 Å². The van der Waals surface area contributed by atoms with E-state index in [2.05, 4.69) is 11.9 Å². The Labute approximate surface area is 220 Å². The van der Waals surface area contributed by atoms with Gasteiger partial charge in [-0.05, 0) is 47.9 Å². The first kappa shape index (κ1) is 24.8. The highest BCUT2D eigenvalue weighted by Gasteiger charge is 2.32. The smallest absolute Gasteiger partial charge is 0.428 e. The van der Waals surface area contributed by atoms with E-state index >= 15 is 0 Å². The van der Waals surface area contributed by atoms with Crippen molar-refractivity contribution in [2.75, 3.05) is 0 Å². The lowest BCUT2D eigenvalue weighted by Crippen LogP contribution is -2.25. The number of diazo groups is 1. The maximum absolute atomic E-state index is 13.3. The minimum atomic E-state index is -4.36. The average Bonchev–Trinajstić information content (AvgIpc) is 2.94. The van der Waals surface area contributed by atoms with Gasteiger partial charge in [0.05, 0.1) is 6.07 Å². The number of hydrogen-bond donors (Lipinski definition) is 2. The summed E-state index contributed by atoms with van der Waals surface area (Å²) in [5, 5.41) is 29.9. The third-order valence-electron chi connectivity index (χ3n) is 6.77. The molecule has 0 aliphatic heterocycles. The molecule has 1 atom stereocenters. The molecule has 1 unspecified atom stereocenters. The highest BCUT2D eigenvalue weighted by Crippen LogP contribution is 2.41. The SMILES string of the molecule is CC(c1ccccc1)(c1ccc(O)cc1)c1ccc(OS(=O)(=O)c2cc([N+]#N)c(O)c3ccccc23)cc1. The summed E-state index contributed by atoms with van der Waals surface area (Å²) in [6.07, 6.45) is 0. The van der Waals surface area contributed by atoms with E-state index in [4.69, 9.17) is 4.18 Å². The van der Waals surface area contributed by atoms with Crippen molar-refractivity contribution >= 4 is 26.6 Å². The number of phenolic OH excluding ortho intramolecular Hbond substituents is 2. The maximum atomic E-state index is 13.3. The molecule has 0 aliphatic rings. The minimum absolute atomic E-state index is 0.0921. The van der Waals surface area contributed by atoms with Crippen LogP contribution >= 0.6 is 0 Å². The van der Waals surface area contributed by atoms with E-state index in [1.165, 1.54) is 6.07 Å². The van der Waals surface area contributed by atoms with Crippen LogP contribution in [0.25, 0.3) is 15.7 Å². The number of nitrogens with zero attached hydrogens (tertiary/aromatic N) is 2. The predicted octanol–water partition coefficient (Wildman–Crippen LogP) is 6.86. The van der Waals surface area contributed by atoms with Gasteiger partial charge in [0.25, 0.3) is 0 Å². The first-order valence-corrected chi connectivity index (χ1v) is 13.1. The second kappa shape index (κ2) is 9.54. The van der Waals surface area contributed by atoms with Crippen LogP contribution in [0.4, 0.5) is 5.69 Å². The Morgan fingerprint density at radius 2 is 1.26 bits per heavy atom. The molecule has 0 aliphatic carbocycles. The van der Waals surface area contributed by atoms with Crippen molar-refractivity contribution in [2.24, 2.45) is 0 Å². The van der Waals surface area contributed by atoms with Crippen molar-refractivity contribution in [3.8, 4) is 17.2 Å². The molecular formula is C30H23N2O5S+. The van der Waals surface area contributed by atoms with Crippen LogP contribution in [0.1, 0.15) is 23.6 Å². The van der Waals surface area contributed by atoms with Gasteiger partial charge >= 0.3 is 15.8 Å². The fraction of sp³-hybridized carbons (Fsp3) is 0.0667. The van der Waals surface area contributed by atoms with Gasteiger partial charge < -0.3 is 14.4 Å². The fourth-order valence-corrected chi connectivity index (χ4v) is 5.84. The standard InChI is InChI=1S/C30H22N2O5S/c1-30(20-7-3-2-4-8-20,21-11-15-23(33)16-12-21)22-13-17-24(18-14-22)37-38(35,36)28-19-27(32-31)29(34)26-10-6-5-9-25(26)28/h2-19H,1H3,(H-,33,34)/p+1. The van der Waals surface area contributed by atoms with E-state index < -0.39 is 15.5 Å². The van der Waals surface area contributed by atoms with E-state index in [9.17, 15) is 24.0 Å². The zero-order chi connectivity index (χ0) is 26.9. The summed E-state index contributed by atoms with van der Waals surface area (Å²) in [7, 11) is -4.36. The molecule has 0 bridgehead atoms. The quantitative estimate of drug-likeness (QED) is 0.143. The molecule has 5 rings (SSSR count). The summed E-state index contributed by atoms with van der Waals surface area (Å²) in [6.45, 7) is 2.06. The van der Waals surface area contributed by atoms with Crippen molar-refractivity contribution in [1.29, 1.82) is 5.39 Å². The number of fused-ring (bicyclic) bond motifs is 1. The highest BCUT2D eigenvalue weighted by molar-refractivity contribution is 7.87. The van der Waals surface area contributed by atoms with E-state index in [1.54, 1.807) is 54.6 Å². The van der Waals surface area contributed by atoms with Crippen LogP contribution in [0.3, 0.4) is 0 Å². The Bertz CT molecular complexity index is 1780. The monoisotopic (exact) mass is 523 g/mol. The molecule has 0 fully saturated rings. The summed E-state index contributed by atoms with van der Waals surface area (Å²) < 4.78 is 32.1. The number of phenols is 2. The minimum Gasteiger partial charge on any atom is -0.508 e. The Hall–Kier alpha value is -4.87. The molecule has 0 saturated heterocycles. The second-order valence-electron chi connectivity index (χ2n) is 8.99. The molecule has 5 aromatic carbocycles. The Kier molecular flexibility index (Phi) is 6.23. The largest absolute Gasteiger partial charge is 0.508 e. The van der Waals surface area contributed by atoms with Gasteiger partial charge in [0.1, 0.15) is 16.4 Å². The third kappa shape index (κ3) is 4.29. The van der Waals surface area contributed by atoms with Gasteiger partial charge in [-0.1, -0.05) is 78.9 Å². The molecule has 0 heterocycles. The molecule has 2 N–H and O–H groups in total. The third-order valence-corrected chi connectivity index (χ3v) is 8.06. The summed E-state index contributed by atoms with van der Waals surface area (Å²) >= 11 is 0. The molecule has 8 heteroatoms. The topological polar surface area (TPSA) is 112 Å². The van der Waals surface area contributed by atoms with Crippen LogP contribution in [0.2, 0.25) is 0 Å². The molecule has 188 valence electrons. The second-order valence-corrected chi connectivity index (χ2v) is 10.5. The van der Waals surface area contributed by atoms with Crippen LogP contribution < -0.4 is 4.18 Å². The van der Waals surface area contributed by atoms with E-state index in [1.807, 2.05) is 42.5 Å². The Balaban J connectivity index is 1.55. The van der Waals surface area contributed by atoms with Crippen LogP contribution in [-0.4, -0.2) is 18.6 Å². The van der Waals surface area contributed by atoms with Gasteiger partial charge in [0.15, 0.2) is 4.98 Å². The van der Waals surface area contributed by atoms with Gasteiger partial charge in [0, 0.05) is 16.2 Å². The van der Waals surface area contributed by atoms with Gasteiger partial charge in [-0.25, -0.2) is 0 Å². The van der Waals surface area contributed by atoms with E-state index in [0.29, 0.717) is 0 Å². The van der Waals surface area contributed by atoms with Crippen LogP contribution in [-0.2, 0) is 15.5 Å². The zero-order valence-electron chi connectivity index (χ0n) is 20.3. The predicted molar refractivity (Wildman–Crippen MR) is 145 cm³/mol. The Morgan fingerprint density at radius 3 is 1.87 bits per heavy atom. The first-order chi connectivity index (χ1) is 18.2. The fourth-order valence-electron chi connectivity index (χ4n) is 4.68. The molecule has 5 aromatic rings. The summed E-state index contributed by atoms with van der Waals surface area (Å²) in [5.41, 5.74) is 1.96. The van der Waals surface area contributed by atoms with Crippen molar-refractivity contribution < 1.29 is 22.8 Å². The van der Waals surface area contributed by atoms with Crippen molar-refractivity contribution in [3.63, 3.8) is 0 Å². The zero-order valence-corrected chi connectivity index (χ0v) is 21.1.